The molecule has 1 rings (SSSR count). The lowest BCUT2D eigenvalue weighted by Gasteiger charge is -2.05. The smallest absolute Gasteiger partial charge is 0.168 e. The Morgan fingerprint density at radius 2 is 2.15 bits per heavy atom. The van der Waals surface area contributed by atoms with E-state index in [1.165, 1.54) is 12.1 Å². The van der Waals surface area contributed by atoms with Crippen LogP contribution in [0, 0.1) is 5.82 Å². The van der Waals surface area contributed by atoms with Crippen molar-refractivity contribution in [1.29, 1.82) is 0 Å². The summed E-state index contributed by atoms with van der Waals surface area (Å²) in [6, 6.07) is 3.57. The first-order chi connectivity index (χ1) is 6.24. The molecule has 13 heavy (non-hydrogen) atoms. The van der Waals surface area contributed by atoms with Crippen molar-refractivity contribution in [3.8, 4) is 11.5 Å². The molecule has 0 bridgehead atoms. The molecule has 0 aliphatic rings. The zero-order valence-corrected chi connectivity index (χ0v) is 6.96. The molecule has 0 heterocycles. The summed E-state index contributed by atoms with van der Waals surface area (Å²) in [6.07, 6.45) is 0.236. The number of phenolic OH excluding ortho intramolecular Hbond substituents is 1. The zero-order chi connectivity index (χ0) is 9.68. The SMILES string of the molecule is Oc1ccc(OCCCF)c(F)c1. The predicted octanol–water partition coefficient (Wildman–Crippen LogP) is 2.27. The first kappa shape index (κ1) is 9.77. The third kappa shape index (κ3) is 2.89. The van der Waals surface area contributed by atoms with Crippen molar-refractivity contribution in [3.63, 3.8) is 0 Å². The van der Waals surface area contributed by atoms with Crippen molar-refractivity contribution in [1.82, 2.24) is 0 Å². The Bertz CT molecular complexity index is 276. The molecular formula is C9H10F2O2. The van der Waals surface area contributed by atoms with Gasteiger partial charge in [-0.25, -0.2) is 4.39 Å². The van der Waals surface area contributed by atoms with E-state index in [-0.39, 0.29) is 24.5 Å². The van der Waals surface area contributed by atoms with Gasteiger partial charge in [-0.2, -0.15) is 0 Å². The number of hydrogen-bond acceptors (Lipinski definition) is 2. The molecule has 1 N–H and O–H groups in total. The van der Waals surface area contributed by atoms with Crippen LogP contribution in [0.1, 0.15) is 6.42 Å². The second kappa shape index (κ2) is 4.64. The lowest BCUT2D eigenvalue weighted by atomic mass is 10.3. The summed E-state index contributed by atoms with van der Waals surface area (Å²) in [4.78, 5) is 0. The molecule has 1 aromatic rings. The number of hydrogen-bond donors (Lipinski definition) is 1. The molecule has 0 radical (unpaired) electrons. The summed E-state index contributed by atoms with van der Waals surface area (Å²) < 4.78 is 29.5. The highest BCUT2D eigenvalue weighted by Crippen LogP contribution is 2.21. The second-order valence-corrected chi connectivity index (χ2v) is 2.51. The van der Waals surface area contributed by atoms with Crippen LogP contribution in [0.4, 0.5) is 8.78 Å². The maximum atomic E-state index is 12.9. The number of benzene rings is 1. The highest BCUT2D eigenvalue weighted by atomic mass is 19.1. The van der Waals surface area contributed by atoms with Gasteiger partial charge in [0.1, 0.15) is 5.75 Å². The van der Waals surface area contributed by atoms with Crippen molar-refractivity contribution >= 4 is 0 Å². The van der Waals surface area contributed by atoms with E-state index in [2.05, 4.69) is 0 Å². The van der Waals surface area contributed by atoms with Gasteiger partial charge in [-0.1, -0.05) is 0 Å². The second-order valence-electron chi connectivity index (χ2n) is 2.51. The molecular weight excluding hydrogens is 178 g/mol. The van der Waals surface area contributed by atoms with Crippen LogP contribution in [0.3, 0.4) is 0 Å². The van der Waals surface area contributed by atoms with Crippen molar-refractivity contribution in [3.05, 3.63) is 24.0 Å². The minimum absolute atomic E-state index is 0.0336. The van der Waals surface area contributed by atoms with Gasteiger partial charge in [0.2, 0.25) is 0 Å². The van der Waals surface area contributed by atoms with Crippen molar-refractivity contribution in [2.24, 2.45) is 0 Å². The maximum Gasteiger partial charge on any atom is 0.168 e. The fraction of sp³-hybridized carbons (Fsp3) is 0.333. The van der Waals surface area contributed by atoms with Crippen LogP contribution in [0.5, 0.6) is 11.5 Å². The molecule has 0 atom stereocenters. The summed E-state index contributed by atoms with van der Waals surface area (Å²) in [6.45, 7) is -0.349. The third-order valence-electron chi connectivity index (χ3n) is 1.45. The molecule has 0 spiro atoms. The number of aromatic hydroxyl groups is 1. The Morgan fingerprint density at radius 1 is 1.38 bits per heavy atom. The lowest BCUT2D eigenvalue weighted by Crippen LogP contribution is -1.99. The Morgan fingerprint density at radius 3 is 2.77 bits per heavy atom. The van der Waals surface area contributed by atoms with E-state index >= 15 is 0 Å². The van der Waals surface area contributed by atoms with Gasteiger partial charge in [0.05, 0.1) is 13.3 Å². The minimum Gasteiger partial charge on any atom is -0.508 e. The number of ether oxygens (including phenoxy) is 1. The summed E-state index contributed by atoms with van der Waals surface area (Å²) in [7, 11) is 0. The van der Waals surface area contributed by atoms with Crippen LogP contribution in [0.25, 0.3) is 0 Å². The number of halogens is 2. The molecule has 0 saturated carbocycles. The number of phenols is 1. The molecule has 0 aliphatic carbocycles. The van der Waals surface area contributed by atoms with Gasteiger partial charge in [0.15, 0.2) is 11.6 Å². The van der Waals surface area contributed by atoms with E-state index in [9.17, 15) is 8.78 Å². The predicted molar refractivity (Wildman–Crippen MR) is 44.2 cm³/mol. The third-order valence-corrected chi connectivity index (χ3v) is 1.45. The van der Waals surface area contributed by atoms with E-state index in [1.807, 2.05) is 0 Å². The molecule has 1 aromatic carbocycles. The summed E-state index contributed by atoms with van der Waals surface area (Å²) in [5.41, 5.74) is 0. The van der Waals surface area contributed by atoms with E-state index < -0.39 is 12.5 Å². The Balaban J connectivity index is 2.56. The molecule has 0 fully saturated rings. The quantitative estimate of drug-likeness (QED) is 0.734. The molecule has 2 nitrogen and oxygen atoms in total. The van der Waals surface area contributed by atoms with Crippen LogP contribution in [0.2, 0.25) is 0 Å². The molecule has 0 aromatic heterocycles. The Hall–Kier alpha value is -1.32. The minimum atomic E-state index is -0.640. The van der Waals surface area contributed by atoms with Crippen molar-refractivity contribution < 1.29 is 18.6 Å². The fourth-order valence-electron chi connectivity index (χ4n) is 0.843. The van der Waals surface area contributed by atoms with E-state index in [0.29, 0.717) is 0 Å². The highest BCUT2D eigenvalue weighted by Gasteiger charge is 2.03. The summed E-state index contributed by atoms with van der Waals surface area (Å²) in [5.74, 6) is -0.763. The van der Waals surface area contributed by atoms with Gasteiger partial charge in [0, 0.05) is 12.5 Å². The van der Waals surface area contributed by atoms with Gasteiger partial charge in [0.25, 0.3) is 0 Å². The first-order valence-corrected chi connectivity index (χ1v) is 3.91. The zero-order valence-electron chi connectivity index (χ0n) is 6.96. The molecule has 4 heteroatoms. The van der Waals surface area contributed by atoms with Crippen molar-refractivity contribution in [2.75, 3.05) is 13.3 Å². The van der Waals surface area contributed by atoms with Crippen LogP contribution in [0.15, 0.2) is 18.2 Å². The van der Waals surface area contributed by atoms with Gasteiger partial charge in [-0.15, -0.1) is 0 Å². The van der Waals surface area contributed by atoms with Gasteiger partial charge < -0.3 is 9.84 Å². The largest absolute Gasteiger partial charge is 0.508 e. The number of alkyl halides is 1. The Kier molecular flexibility index (Phi) is 3.49. The Labute approximate surface area is 74.8 Å². The summed E-state index contributed by atoms with van der Waals surface area (Å²) in [5, 5.41) is 8.85. The van der Waals surface area contributed by atoms with E-state index in [4.69, 9.17) is 9.84 Å². The summed E-state index contributed by atoms with van der Waals surface area (Å²) >= 11 is 0. The monoisotopic (exact) mass is 188 g/mol. The molecule has 0 saturated heterocycles. The van der Waals surface area contributed by atoms with E-state index in [0.717, 1.165) is 6.07 Å². The van der Waals surface area contributed by atoms with Gasteiger partial charge in [-0.05, 0) is 12.1 Å². The van der Waals surface area contributed by atoms with E-state index in [1.54, 1.807) is 0 Å². The van der Waals surface area contributed by atoms with Crippen LogP contribution in [-0.2, 0) is 0 Å². The fourth-order valence-corrected chi connectivity index (χ4v) is 0.843. The normalized spacial score (nSPS) is 10.0. The van der Waals surface area contributed by atoms with Crippen LogP contribution >= 0.6 is 0 Å². The van der Waals surface area contributed by atoms with Crippen LogP contribution < -0.4 is 4.74 Å². The highest BCUT2D eigenvalue weighted by molar-refractivity contribution is 5.31. The maximum absolute atomic E-state index is 12.9. The van der Waals surface area contributed by atoms with Gasteiger partial charge in [-0.3, -0.25) is 4.39 Å². The van der Waals surface area contributed by atoms with Crippen molar-refractivity contribution in [2.45, 2.75) is 6.42 Å². The molecule has 0 aliphatic heterocycles. The lowest BCUT2D eigenvalue weighted by molar-refractivity contribution is 0.277. The average molecular weight is 188 g/mol. The first-order valence-electron chi connectivity index (χ1n) is 3.91. The average Bonchev–Trinajstić information content (AvgIpc) is 2.09. The molecule has 0 unspecified atom stereocenters. The standard InChI is InChI=1S/C9H10F2O2/c10-4-1-5-13-9-3-2-7(12)6-8(9)11/h2-3,6,12H,1,4-5H2. The number of rotatable bonds is 4. The molecule has 72 valence electrons. The topological polar surface area (TPSA) is 29.5 Å². The van der Waals surface area contributed by atoms with Gasteiger partial charge >= 0.3 is 0 Å². The molecule has 0 amide bonds. The van der Waals surface area contributed by atoms with Crippen LogP contribution in [-0.4, -0.2) is 18.4 Å².